The molecule has 3 rings (SSSR count). The lowest BCUT2D eigenvalue weighted by Crippen LogP contribution is -2.43. The first-order valence-corrected chi connectivity index (χ1v) is 10.9. The standard InChI is InChI=1S/C25H24BrN3O3/c1-17(29(2)16-23(30)27-22-15-9-7-13-20(22)26)25(32)28-21-14-8-6-12-19(21)24(31)18-10-4-3-5-11-18/h3-15,17H,16H2,1-2H3,(H,27,30)(H,28,32). The highest BCUT2D eigenvalue weighted by Gasteiger charge is 2.22. The van der Waals surface area contributed by atoms with E-state index >= 15 is 0 Å². The molecule has 32 heavy (non-hydrogen) atoms. The monoisotopic (exact) mass is 493 g/mol. The Balaban J connectivity index is 1.65. The number of rotatable bonds is 8. The highest BCUT2D eigenvalue weighted by Crippen LogP contribution is 2.22. The fourth-order valence-electron chi connectivity index (χ4n) is 3.09. The quantitative estimate of drug-likeness (QED) is 0.450. The summed E-state index contributed by atoms with van der Waals surface area (Å²) in [7, 11) is 1.70. The number of para-hydroxylation sites is 2. The number of anilines is 2. The van der Waals surface area contributed by atoms with E-state index in [4.69, 9.17) is 0 Å². The first kappa shape index (κ1) is 23.4. The van der Waals surface area contributed by atoms with Crippen LogP contribution in [0, 0.1) is 0 Å². The van der Waals surface area contributed by atoms with E-state index in [2.05, 4.69) is 26.6 Å². The zero-order chi connectivity index (χ0) is 23.1. The van der Waals surface area contributed by atoms with Crippen molar-refractivity contribution < 1.29 is 14.4 Å². The molecule has 1 unspecified atom stereocenters. The van der Waals surface area contributed by atoms with E-state index in [9.17, 15) is 14.4 Å². The van der Waals surface area contributed by atoms with Crippen molar-refractivity contribution in [2.45, 2.75) is 13.0 Å². The number of nitrogens with one attached hydrogen (secondary N) is 2. The summed E-state index contributed by atoms with van der Waals surface area (Å²) in [5.41, 5.74) is 2.05. The van der Waals surface area contributed by atoms with Gasteiger partial charge in [0, 0.05) is 15.6 Å². The molecule has 0 saturated carbocycles. The van der Waals surface area contributed by atoms with E-state index < -0.39 is 6.04 Å². The third kappa shape index (κ3) is 5.90. The molecule has 3 aromatic carbocycles. The Kier molecular flexibility index (Phi) is 7.92. The Morgan fingerprint density at radius 3 is 2.12 bits per heavy atom. The van der Waals surface area contributed by atoms with Crippen LogP contribution < -0.4 is 10.6 Å². The van der Waals surface area contributed by atoms with Gasteiger partial charge in [-0.2, -0.15) is 0 Å². The van der Waals surface area contributed by atoms with Crippen LogP contribution in [0.2, 0.25) is 0 Å². The molecule has 0 radical (unpaired) electrons. The average molecular weight is 494 g/mol. The lowest BCUT2D eigenvalue weighted by molar-refractivity contribution is -0.122. The van der Waals surface area contributed by atoms with Gasteiger partial charge in [0.05, 0.1) is 24.0 Å². The predicted octanol–water partition coefficient (Wildman–Crippen LogP) is 4.58. The Morgan fingerprint density at radius 2 is 1.44 bits per heavy atom. The molecule has 0 aliphatic rings. The molecule has 0 saturated heterocycles. The number of hydrogen-bond donors (Lipinski definition) is 2. The van der Waals surface area contributed by atoms with Gasteiger partial charge in [-0.1, -0.05) is 54.6 Å². The van der Waals surface area contributed by atoms with Crippen LogP contribution in [0.25, 0.3) is 0 Å². The fourth-order valence-corrected chi connectivity index (χ4v) is 3.47. The minimum atomic E-state index is -0.597. The second-order valence-corrected chi connectivity index (χ2v) is 8.20. The van der Waals surface area contributed by atoms with E-state index in [0.29, 0.717) is 22.5 Å². The van der Waals surface area contributed by atoms with Crippen LogP contribution in [0.3, 0.4) is 0 Å². The number of likely N-dealkylation sites (N-methyl/N-ethyl adjacent to an activating group) is 1. The van der Waals surface area contributed by atoms with Gasteiger partial charge >= 0.3 is 0 Å². The summed E-state index contributed by atoms with van der Waals surface area (Å²) in [6, 6.07) is 22.5. The zero-order valence-corrected chi connectivity index (χ0v) is 19.4. The molecule has 0 aliphatic heterocycles. The molecule has 0 aromatic heterocycles. The molecule has 2 amide bonds. The van der Waals surface area contributed by atoms with Crippen molar-refractivity contribution in [3.63, 3.8) is 0 Å². The molecule has 0 heterocycles. The van der Waals surface area contributed by atoms with E-state index in [0.717, 1.165) is 4.47 Å². The second kappa shape index (κ2) is 10.8. The van der Waals surface area contributed by atoms with Crippen LogP contribution in [-0.4, -0.2) is 42.1 Å². The normalized spacial score (nSPS) is 11.6. The summed E-state index contributed by atoms with van der Waals surface area (Å²) in [5.74, 6) is -0.719. The minimum absolute atomic E-state index is 0.0283. The Hall–Kier alpha value is -3.29. The van der Waals surface area contributed by atoms with Gasteiger partial charge in [0.1, 0.15) is 0 Å². The Labute approximate surface area is 195 Å². The largest absolute Gasteiger partial charge is 0.324 e. The molecule has 3 aromatic rings. The van der Waals surface area contributed by atoms with Crippen LogP contribution in [0.4, 0.5) is 11.4 Å². The molecule has 0 bridgehead atoms. The van der Waals surface area contributed by atoms with Crippen molar-refractivity contribution >= 4 is 44.9 Å². The van der Waals surface area contributed by atoms with Gasteiger partial charge in [-0.05, 0) is 54.2 Å². The molecular weight excluding hydrogens is 470 g/mol. The highest BCUT2D eigenvalue weighted by molar-refractivity contribution is 9.10. The van der Waals surface area contributed by atoms with Gasteiger partial charge in [-0.3, -0.25) is 19.3 Å². The molecule has 0 fully saturated rings. The number of halogens is 1. The Bertz CT molecular complexity index is 1120. The molecule has 7 heteroatoms. The summed E-state index contributed by atoms with van der Waals surface area (Å²) in [6.45, 7) is 1.74. The average Bonchev–Trinajstić information content (AvgIpc) is 2.80. The number of amides is 2. The van der Waals surface area contributed by atoms with Gasteiger partial charge in [0.15, 0.2) is 5.78 Å². The number of carbonyl (C=O) groups excluding carboxylic acids is 3. The second-order valence-electron chi connectivity index (χ2n) is 7.35. The summed E-state index contributed by atoms with van der Waals surface area (Å²) < 4.78 is 0.779. The predicted molar refractivity (Wildman–Crippen MR) is 130 cm³/mol. The number of benzene rings is 3. The van der Waals surface area contributed by atoms with Crippen molar-refractivity contribution in [1.82, 2.24) is 4.90 Å². The van der Waals surface area contributed by atoms with E-state index in [1.54, 1.807) is 73.5 Å². The maximum Gasteiger partial charge on any atom is 0.241 e. The molecule has 164 valence electrons. The molecule has 6 nitrogen and oxygen atoms in total. The molecule has 0 spiro atoms. The van der Waals surface area contributed by atoms with Crippen molar-refractivity contribution in [3.05, 3.63) is 94.5 Å². The SMILES string of the molecule is CC(C(=O)Nc1ccccc1C(=O)c1ccccc1)N(C)CC(=O)Nc1ccccc1Br. The van der Waals surface area contributed by atoms with Crippen LogP contribution in [0.15, 0.2) is 83.3 Å². The van der Waals surface area contributed by atoms with Crippen LogP contribution in [-0.2, 0) is 9.59 Å². The first-order chi connectivity index (χ1) is 15.4. The van der Waals surface area contributed by atoms with Crippen LogP contribution in [0.5, 0.6) is 0 Å². The van der Waals surface area contributed by atoms with Crippen molar-refractivity contribution in [2.75, 3.05) is 24.2 Å². The molecule has 1 atom stereocenters. The maximum atomic E-state index is 12.9. The topological polar surface area (TPSA) is 78.5 Å². The maximum absolute atomic E-state index is 12.9. The zero-order valence-electron chi connectivity index (χ0n) is 17.8. The summed E-state index contributed by atoms with van der Waals surface area (Å²) in [4.78, 5) is 39.8. The minimum Gasteiger partial charge on any atom is -0.324 e. The number of hydrogen-bond acceptors (Lipinski definition) is 4. The Morgan fingerprint density at radius 1 is 0.844 bits per heavy atom. The third-order valence-corrected chi connectivity index (χ3v) is 5.74. The van der Waals surface area contributed by atoms with Gasteiger partial charge in [0.2, 0.25) is 11.8 Å². The lowest BCUT2D eigenvalue weighted by atomic mass is 10.0. The number of ketones is 1. The number of nitrogens with zero attached hydrogens (tertiary/aromatic N) is 1. The molecule has 0 aliphatic carbocycles. The van der Waals surface area contributed by atoms with E-state index in [1.165, 1.54) is 0 Å². The lowest BCUT2D eigenvalue weighted by Gasteiger charge is -2.24. The number of carbonyl (C=O) groups is 3. The highest BCUT2D eigenvalue weighted by atomic mass is 79.9. The van der Waals surface area contributed by atoms with Crippen molar-refractivity contribution in [1.29, 1.82) is 0 Å². The third-order valence-electron chi connectivity index (χ3n) is 5.05. The molecular formula is C25H24BrN3O3. The van der Waals surface area contributed by atoms with Gasteiger partial charge < -0.3 is 10.6 Å². The van der Waals surface area contributed by atoms with Gasteiger partial charge in [-0.25, -0.2) is 0 Å². The fraction of sp³-hybridized carbons (Fsp3) is 0.160. The summed E-state index contributed by atoms with van der Waals surface area (Å²) in [5, 5.41) is 5.66. The van der Waals surface area contributed by atoms with Gasteiger partial charge in [-0.15, -0.1) is 0 Å². The van der Waals surface area contributed by atoms with Crippen LogP contribution in [0.1, 0.15) is 22.8 Å². The summed E-state index contributed by atoms with van der Waals surface area (Å²) >= 11 is 3.40. The first-order valence-electron chi connectivity index (χ1n) is 10.1. The molecule has 2 N–H and O–H groups in total. The van der Waals surface area contributed by atoms with Crippen LogP contribution >= 0.6 is 15.9 Å². The van der Waals surface area contributed by atoms with E-state index in [1.807, 2.05) is 24.3 Å². The van der Waals surface area contributed by atoms with E-state index in [-0.39, 0.29) is 24.1 Å². The summed E-state index contributed by atoms with van der Waals surface area (Å²) in [6.07, 6.45) is 0. The smallest absolute Gasteiger partial charge is 0.241 e. The van der Waals surface area contributed by atoms with Crippen molar-refractivity contribution in [2.24, 2.45) is 0 Å². The van der Waals surface area contributed by atoms with Crippen molar-refractivity contribution in [3.8, 4) is 0 Å². The van der Waals surface area contributed by atoms with Gasteiger partial charge in [0.25, 0.3) is 0 Å².